The van der Waals surface area contributed by atoms with Crippen LogP contribution < -0.4 is 9.64 Å². The molecule has 0 atom stereocenters. The highest BCUT2D eigenvalue weighted by Gasteiger charge is 2.34. The predicted octanol–water partition coefficient (Wildman–Crippen LogP) is 5.14. The molecular formula is C27H36N2O3. The first kappa shape index (κ1) is 22.7. The Morgan fingerprint density at radius 2 is 1.41 bits per heavy atom. The fraction of sp³-hybridized carbons (Fsp3) is 0.519. The van der Waals surface area contributed by atoms with Gasteiger partial charge in [-0.15, -0.1) is 0 Å². The number of likely N-dealkylation sites (tertiary alicyclic amines) is 1. The van der Waals surface area contributed by atoms with E-state index < -0.39 is 5.60 Å². The summed E-state index contributed by atoms with van der Waals surface area (Å²) in [5, 5.41) is 0. The van der Waals surface area contributed by atoms with Gasteiger partial charge in [0.15, 0.2) is 5.60 Å². The van der Waals surface area contributed by atoms with E-state index in [1.807, 2.05) is 24.3 Å². The summed E-state index contributed by atoms with van der Waals surface area (Å²) in [6.07, 6.45) is 5.65. The van der Waals surface area contributed by atoms with E-state index in [2.05, 4.69) is 41.1 Å². The zero-order valence-electron chi connectivity index (χ0n) is 19.7. The van der Waals surface area contributed by atoms with E-state index in [9.17, 15) is 4.79 Å². The second kappa shape index (κ2) is 9.95. The lowest BCUT2D eigenvalue weighted by Gasteiger charge is -2.31. The Kier molecular flexibility index (Phi) is 7.04. The lowest BCUT2D eigenvalue weighted by atomic mass is 10.0. The molecule has 0 aromatic heterocycles. The van der Waals surface area contributed by atoms with Crippen LogP contribution in [0.3, 0.4) is 0 Å². The molecule has 32 heavy (non-hydrogen) atoms. The molecule has 2 aromatic carbocycles. The van der Waals surface area contributed by atoms with Crippen molar-refractivity contribution in [2.24, 2.45) is 0 Å². The van der Waals surface area contributed by atoms with Gasteiger partial charge < -0.3 is 19.3 Å². The molecular weight excluding hydrogens is 400 g/mol. The molecule has 0 aliphatic carbocycles. The summed E-state index contributed by atoms with van der Waals surface area (Å²) in [5.74, 6) is 0.369. The smallest absolute Gasteiger partial charge is 0.350 e. The van der Waals surface area contributed by atoms with Crippen LogP contribution >= 0.6 is 0 Å². The van der Waals surface area contributed by atoms with E-state index in [1.54, 1.807) is 13.8 Å². The molecule has 0 radical (unpaired) electrons. The molecule has 172 valence electrons. The summed E-state index contributed by atoms with van der Waals surface area (Å²) in [6, 6.07) is 16.7. The largest absolute Gasteiger partial charge is 0.476 e. The van der Waals surface area contributed by atoms with Gasteiger partial charge >= 0.3 is 5.97 Å². The number of carbonyl (C=O) groups excluding carboxylic acids is 1. The summed E-state index contributed by atoms with van der Waals surface area (Å²) in [7, 11) is 2.10. The molecule has 2 aliphatic heterocycles. The third kappa shape index (κ3) is 5.63. The van der Waals surface area contributed by atoms with Crippen LogP contribution in [-0.4, -0.2) is 55.8 Å². The Labute approximate surface area is 192 Å². The van der Waals surface area contributed by atoms with Gasteiger partial charge in [0.05, 0.1) is 0 Å². The number of benzene rings is 2. The number of piperidine rings is 2. The fourth-order valence-corrected chi connectivity index (χ4v) is 4.46. The number of ether oxygens (including phenoxy) is 2. The summed E-state index contributed by atoms with van der Waals surface area (Å²) < 4.78 is 11.8. The maximum Gasteiger partial charge on any atom is 0.350 e. The van der Waals surface area contributed by atoms with E-state index >= 15 is 0 Å². The molecule has 5 nitrogen and oxygen atoms in total. The molecule has 0 unspecified atom stereocenters. The minimum atomic E-state index is -1.03. The van der Waals surface area contributed by atoms with Crippen LogP contribution in [0.4, 0.5) is 5.69 Å². The Bertz CT molecular complexity index is 878. The highest BCUT2D eigenvalue weighted by Crippen LogP contribution is 2.28. The third-order valence-electron chi connectivity index (χ3n) is 6.58. The van der Waals surface area contributed by atoms with E-state index in [-0.39, 0.29) is 12.1 Å². The van der Waals surface area contributed by atoms with Gasteiger partial charge in [-0.25, -0.2) is 4.79 Å². The molecule has 0 N–H and O–H groups in total. The lowest BCUT2D eigenvalue weighted by molar-refractivity contribution is -0.167. The van der Waals surface area contributed by atoms with Crippen LogP contribution in [0.5, 0.6) is 5.75 Å². The van der Waals surface area contributed by atoms with Crippen molar-refractivity contribution in [3.8, 4) is 16.9 Å². The maximum atomic E-state index is 12.7. The molecule has 2 aliphatic rings. The van der Waals surface area contributed by atoms with Gasteiger partial charge in [0.2, 0.25) is 0 Å². The van der Waals surface area contributed by atoms with Crippen molar-refractivity contribution in [2.75, 3.05) is 38.1 Å². The van der Waals surface area contributed by atoms with Crippen molar-refractivity contribution < 1.29 is 14.3 Å². The van der Waals surface area contributed by atoms with Crippen molar-refractivity contribution in [2.45, 2.75) is 57.7 Å². The van der Waals surface area contributed by atoms with Gasteiger partial charge in [0, 0.05) is 31.9 Å². The van der Waals surface area contributed by atoms with Crippen LogP contribution in [0.1, 0.15) is 46.0 Å². The molecule has 2 fully saturated rings. The van der Waals surface area contributed by atoms with Crippen LogP contribution in [-0.2, 0) is 9.53 Å². The van der Waals surface area contributed by atoms with Gasteiger partial charge in [0.1, 0.15) is 11.9 Å². The van der Waals surface area contributed by atoms with Gasteiger partial charge in [-0.3, -0.25) is 0 Å². The maximum absolute atomic E-state index is 12.7. The van der Waals surface area contributed by atoms with Crippen LogP contribution in [0.2, 0.25) is 0 Å². The Balaban J connectivity index is 1.35. The number of esters is 1. The molecule has 2 heterocycles. The first-order valence-corrected chi connectivity index (χ1v) is 11.9. The predicted molar refractivity (Wildman–Crippen MR) is 129 cm³/mol. The Morgan fingerprint density at radius 1 is 0.844 bits per heavy atom. The van der Waals surface area contributed by atoms with Crippen LogP contribution in [0.25, 0.3) is 11.1 Å². The highest BCUT2D eigenvalue weighted by molar-refractivity contribution is 5.79. The van der Waals surface area contributed by atoms with Crippen LogP contribution in [0, 0.1) is 0 Å². The fourth-order valence-electron chi connectivity index (χ4n) is 4.46. The Hall–Kier alpha value is -2.53. The van der Waals surface area contributed by atoms with Gasteiger partial charge in [-0.2, -0.15) is 0 Å². The number of hydrogen-bond donors (Lipinski definition) is 0. The molecule has 0 amide bonds. The average molecular weight is 437 g/mol. The van der Waals surface area contributed by atoms with Crippen molar-refractivity contribution in [3.63, 3.8) is 0 Å². The molecule has 5 heteroatoms. The monoisotopic (exact) mass is 436 g/mol. The summed E-state index contributed by atoms with van der Waals surface area (Å²) >= 11 is 0. The van der Waals surface area contributed by atoms with E-state index in [4.69, 9.17) is 9.47 Å². The number of nitrogens with zero attached hydrogens (tertiary/aromatic N) is 2. The second-order valence-corrected chi connectivity index (χ2v) is 9.64. The number of rotatable bonds is 6. The SMILES string of the molecule is CN1CCC(OC(=O)C(C)(C)Oc2ccc(-c3ccc(N4CCCCC4)cc3)cc2)CC1. The molecule has 0 saturated carbocycles. The average Bonchev–Trinajstić information content (AvgIpc) is 2.81. The number of hydrogen-bond acceptors (Lipinski definition) is 5. The minimum Gasteiger partial charge on any atom is -0.476 e. The normalized spacial score (nSPS) is 18.4. The van der Waals surface area contributed by atoms with Gasteiger partial charge in [0.25, 0.3) is 0 Å². The highest BCUT2D eigenvalue weighted by atomic mass is 16.6. The van der Waals surface area contributed by atoms with Gasteiger partial charge in [-0.1, -0.05) is 24.3 Å². The van der Waals surface area contributed by atoms with Gasteiger partial charge in [-0.05, 0) is 88.4 Å². The molecule has 4 rings (SSSR count). The van der Waals surface area contributed by atoms with Crippen molar-refractivity contribution >= 4 is 11.7 Å². The molecule has 2 saturated heterocycles. The lowest BCUT2D eigenvalue weighted by Crippen LogP contribution is -2.43. The van der Waals surface area contributed by atoms with Crippen molar-refractivity contribution in [1.29, 1.82) is 0 Å². The standard InChI is InChI=1S/C27H36N2O3/c1-27(2,26(30)31-24-15-19-28(3)20-16-24)32-25-13-9-22(10-14-25)21-7-11-23(12-8-21)29-17-5-4-6-18-29/h7-14,24H,4-6,15-20H2,1-3H3. The topological polar surface area (TPSA) is 42.0 Å². The first-order chi connectivity index (χ1) is 15.4. The summed E-state index contributed by atoms with van der Waals surface area (Å²) in [4.78, 5) is 17.4. The quantitative estimate of drug-likeness (QED) is 0.587. The molecule has 2 aromatic rings. The molecule has 0 spiro atoms. The zero-order valence-corrected chi connectivity index (χ0v) is 19.7. The first-order valence-electron chi connectivity index (χ1n) is 11.9. The Morgan fingerprint density at radius 3 is 2.00 bits per heavy atom. The summed E-state index contributed by atoms with van der Waals surface area (Å²) in [6.45, 7) is 7.78. The van der Waals surface area contributed by atoms with Crippen molar-refractivity contribution in [3.05, 3.63) is 48.5 Å². The van der Waals surface area contributed by atoms with E-state index in [0.29, 0.717) is 5.75 Å². The summed E-state index contributed by atoms with van der Waals surface area (Å²) in [5.41, 5.74) is 2.59. The number of carbonyl (C=O) groups is 1. The minimum absolute atomic E-state index is 0.0168. The van der Waals surface area contributed by atoms with E-state index in [0.717, 1.165) is 44.6 Å². The second-order valence-electron chi connectivity index (χ2n) is 9.64. The molecule has 0 bridgehead atoms. The van der Waals surface area contributed by atoms with Crippen molar-refractivity contribution in [1.82, 2.24) is 4.90 Å². The van der Waals surface area contributed by atoms with Crippen LogP contribution in [0.15, 0.2) is 48.5 Å². The zero-order chi connectivity index (χ0) is 22.6. The van der Waals surface area contributed by atoms with E-state index in [1.165, 1.54) is 30.5 Å². The number of anilines is 1. The third-order valence-corrected chi connectivity index (χ3v) is 6.58.